The van der Waals surface area contributed by atoms with E-state index in [2.05, 4.69) is 36.5 Å². The number of carbonyl (C=O) groups is 2. The molecule has 0 radical (unpaired) electrons. The second kappa shape index (κ2) is 30.9. The number of amides is 2. The molecule has 1 aliphatic heterocycles. The number of hydrogen-bond donors (Lipinski definition) is 2. The molecule has 6 aromatic carbocycles. The van der Waals surface area contributed by atoms with Gasteiger partial charge in [-0.2, -0.15) is 0 Å². The first kappa shape index (κ1) is 74.1. The van der Waals surface area contributed by atoms with Gasteiger partial charge >= 0.3 is 7.12 Å². The fraction of sp³-hybridized carbons (Fsp3) is 0.257. The summed E-state index contributed by atoms with van der Waals surface area (Å²) in [4.78, 5) is 34.4. The minimum absolute atomic E-state index is 0.0437. The van der Waals surface area contributed by atoms with Crippen LogP contribution in [0.25, 0.3) is 55.8 Å². The van der Waals surface area contributed by atoms with Gasteiger partial charge in [-0.1, -0.05) is 96.0 Å². The van der Waals surface area contributed by atoms with E-state index in [9.17, 15) is 39.6 Å². The number of sulfonamides is 2. The highest BCUT2D eigenvalue weighted by molar-refractivity contribution is 9.10. The second-order valence-electron chi connectivity index (χ2n) is 23.6. The average Bonchev–Trinajstić information content (AvgIpc) is 1.58. The first-order valence-electron chi connectivity index (χ1n) is 30.2. The highest BCUT2D eigenvalue weighted by Crippen LogP contribution is 2.44. The number of rotatable bonds is 20. The van der Waals surface area contributed by atoms with Crippen molar-refractivity contribution in [2.45, 2.75) is 64.5 Å². The highest BCUT2D eigenvalue weighted by Gasteiger charge is 2.53. The molecule has 11 rings (SSSR count). The molecular formula is C70H68BBrCl2F4N6O12S2. The van der Waals surface area contributed by atoms with Gasteiger partial charge in [-0.05, 0) is 128 Å². The van der Waals surface area contributed by atoms with Crippen molar-refractivity contribution in [1.82, 2.24) is 20.6 Å². The summed E-state index contributed by atoms with van der Waals surface area (Å²) >= 11 is 15.5. The standard InChI is InChI=1S/C32H28ClF2N3O5S.C24H28BFN2O6S.C14H12BrClFNO/c1-36-32(39)29-24-15-23(26-14-13-22(31(33)37-26)25(35)18-42-17-19-7-5-4-6-8-19)27(38(2)44(3,40)41)16-28(24)43-30(29)20-9-11-21(34)12-10-20;1-23(2)24(3,4)34-25(33-23)17-12-16-19(13-18(17)28(6)35(7,30)31)32-21(20(16)22(29)27-5)14-8-10-15(26)11-9-14;15-13-7-6-11(14(16)18-13)12(17)9-19-8-10-4-2-1-3-5-10/h4-16,25H,17-18H2,1-3H3,(H,36,39);8-13H,1-7H3,(H,27,29);1-7,12H,8-9H2. The smallest absolute Gasteiger partial charge is 0.455 e. The first-order chi connectivity index (χ1) is 46.3. The molecule has 0 bridgehead atoms. The van der Waals surface area contributed by atoms with E-state index >= 15 is 4.39 Å². The van der Waals surface area contributed by atoms with Crippen LogP contribution in [0.5, 0.6) is 0 Å². The summed E-state index contributed by atoms with van der Waals surface area (Å²) in [7, 11) is -2.58. The van der Waals surface area contributed by atoms with Gasteiger partial charge in [-0.3, -0.25) is 18.2 Å². The molecular weight excluding hydrogens is 1420 g/mol. The number of furan rings is 2. The van der Waals surface area contributed by atoms with Gasteiger partial charge in [0.2, 0.25) is 20.0 Å². The lowest BCUT2D eigenvalue weighted by atomic mass is 9.77. The van der Waals surface area contributed by atoms with Crippen LogP contribution in [0.1, 0.15) is 83.0 Å². The summed E-state index contributed by atoms with van der Waals surface area (Å²) in [6.45, 7) is 7.89. The van der Waals surface area contributed by atoms with Crippen LogP contribution in [0.15, 0.2) is 171 Å². The van der Waals surface area contributed by atoms with Gasteiger partial charge in [0, 0.05) is 84.4 Å². The lowest BCUT2D eigenvalue weighted by Crippen LogP contribution is -2.41. The molecule has 0 aliphatic carbocycles. The van der Waals surface area contributed by atoms with Crippen LogP contribution in [0, 0.1) is 11.6 Å². The van der Waals surface area contributed by atoms with Crippen LogP contribution in [0.3, 0.4) is 0 Å². The number of pyridine rings is 2. The third-order valence-corrected chi connectivity index (χ3v) is 19.8. The maximum Gasteiger partial charge on any atom is 0.497 e. The number of carbonyl (C=O) groups excluding carboxylic acids is 2. The summed E-state index contributed by atoms with van der Waals surface area (Å²) in [6.07, 6.45) is -0.722. The van der Waals surface area contributed by atoms with Crippen LogP contribution >= 0.6 is 39.1 Å². The van der Waals surface area contributed by atoms with Crippen molar-refractivity contribution in [3.8, 4) is 33.9 Å². The predicted molar refractivity (Wildman–Crippen MR) is 377 cm³/mol. The lowest BCUT2D eigenvalue weighted by molar-refractivity contribution is 0.00578. The molecule has 2 atom stereocenters. The fourth-order valence-electron chi connectivity index (χ4n) is 10.2. The normalized spacial score (nSPS) is 14.0. The van der Waals surface area contributed by atoms with E-state index in [-0.39, 0.29) is 80.9 Å². The Morgan fingerprint density at radius 1 is 0.592 bits per heavy atom. The number of ether oxygens (including phenoxy) is 2. The maximum absolute atomic E-state index is 15.2. The summed E-state index contributed by atoms with van der Waals surface area (Å²) < 4.78 is 145. The van der Waals surface area contributed by atoms with Gasteiger partial charge in [0.25, 0.3) is 11.8 Å². The topological polar surface area (TPSA) is 222 Å². The van der Waals surface area contributed by atoms with Crippen molar-refractivity contribution in [1.29, 1.82) is 0 Å². The number of alkyl halides is 2. The molecule has 1 fully saturated rings. The highest BCUT2D eigenvalue weighted by atomic mass is 79.9. The number of fused-ring (bicyclic) bond motifs is 2. The van der Waals surface area contributed by atoms with Crippen molar-refractivity contribution >= 4 is 117 Å². The minimum atomic E-state index is -3.77. The molecule has 5 heterocycles. The van der Waals surface area contributed by atoms with Crippen molar-refractivity contribution < 1.29 is 71.6 Å². The molecule has 2 N–H and O–H groups in total. The van der Waals surface area contributed by atoms with Gasteiger partial charge < -0.3 is 38.3 Å². The molecule has 18 nitrogen and oxygen atoms in total. The van der Waals surface area contributed by atoms with Crippen LogP contribution in [0.2, 0.25) is 10.3 Å². The number of anilines is 2. The Hall–Kier alpha value is -8.18. The van der Waals surface area contributed by atoms with Gasteiger partial charge in [0.05, 0.1) is 78.3 Å². The number of nitrogens with one attached hydrogen (secondary N) is 2. The van der Waals surface area contributed by atoms with Crippen LogP contribution in [-0.4, -0.2) is 111 Å². The van der Waals surface area contributed by atoms with E-state index in [0.717, 1.165) is 32.2 Å². The van der Waals surface area contributed by atoms with Crippen molar-refractivity contribution in [2.75, 3.05) is 62.5 Å². The van der Waals surface area contributed by atoms with Gasteiger partial charge in [-0.15, -0.1) is 0 Å². The molecule has 98 heavy (non-hydrogen) atoms. The monoisotopic (exact) mass is 1480 g/mol. The van der Waals surface area contributed by atoms with Crippen LogP contribution < -0.4 is 24.7 Å². The Bertz CT molecular complexity index is 4760. The molecule has 4 aromatic heterocycles. The van der Waals surface area contributed by atoms with E-state index in [4.69, 9.17) is 50.8 Å². The zero-order valence-electron chi connectivity index (χ0n) is 54.7. The lowest BCUT2D eigenvalue weighted by Gasteiger charge is -2.32. The second-order valence-corrected chi connectivity index (χ2v) is 29.2. The SMILES string of the molecule is CNC(=O)c1c(-c2ccc(F)cc2)oc2cc(N(C)S(C)(=O)=O)c(-c3ccc(C(F)COCc4ccccc4)c(Cl)n3)cc12.CNC(=O)c1c(-c2ccc(F)cc2)oc2cc(N(C)S(C)(=O)=O)c(B3OC(C)(C)C(C)(C)O3)cc12.FC(COCc1ccccc1)c1ccc(Br)nc1Cl. The molecule has 2 amide bonds. The maximum atomic E-state index is 15.2. The summed E-state index contributed by atoms with van der Waals surface area (Å²) in [5.41, 5.74) is 4.27. The van der Waals surface area contributed by atoms with E-state index in [1.54, 1.807) is 30.3 Å². The van der Waals surface area contributed by atoms with E-state index < -0.39 is 74.2 Å². The average molecular weight is 1490 g/mol. The fourth-order valence-corrected chi connectivity index (χ4v) is 12.2. The summed E-state index contributed by atoms with van der Waals surface area (Å²) in [6, 6.07) is 42.5. The third-order valence-electron chi connectivity index (χ3n) is 16.4. The Morgan fingerprint density at radius 2 is 1.00 bits per heavy atom. The molecule has 28 heteroatoms. The molecule has 0 spiro atoms. The molecule has 2 unspecified atom stereocenters. The Balaban J connectivity index is 0.000000185. The van der Waals surface area contributed by atoms with E-state index in [0.29, 0.717) is 55.4 Å². The number of halogens is 7. The van der Waals surface area contributed by atoms with Crippen molar-refractivity contribution in [3.63, 3.8) is 0 Å². The minimum Gasteiger partial charge on any atom is -0.455 e. The zero-order valence-corrected chi connectivity index (χ0v) is 59.5. The predicted octanol–water partition coefficient (Wildman–Crippen LogP) is 15.0. The first-order valence-corrected chi connectivity index (χ1v) is 35.5. The van der Waals surface area contributed by atoms with E-state index in [1.807, 2.05) is 88.4 Å². The Labute approximate surface area is 583 Å². The Morgan fingerprint density at radius 3 is 1.42 bits per heavy atom. The molecule has 0 saturated carbocycles. The van der Waals surface area contributed by atoms with Gasteiger partial charge in [0.15, 0.2) is 12.3 Å². The molecule has 10 aromatic rings. The van der Waals surface area contributed by atoms with Gasteiger partial charge in [0.1, 0.15) is 49.2 Å². The quantitative estimate of drug-likeness (QED) is 0.0412. The summed E-state index contributed by atoms with van der Waals surface area (Å²) in [5, 5.41) is 6.03. The van der Waals surface area contributed by atoms with Gasteiger partial charge in [-0.25, -0.2) is 44.4 Å². The number of hydrogen-bond acceptors (Lipinski definition) is 14. The van der Waals surface area contributed by atoms with Crippen molar-refractivity contribution in [2.24, 2.45) is 0 Å². The molecule has 1 aliphatic rings. The Kier molecular flexibility index (Phi) is 23.4. The number of aromatic nitrogens is 2. The largest absolute Gasteiger partial charge is 0.497 e. The zero-order chi connectivity index (χ0) is 71.2. The molecule has 1 saturated heterocycles. The third kappa shape index (κ3) is 17.1. The van der Waals surface area contributed by atoms with Crippen LogP contribution in [0.4, 0.5) is 28.9 Å². The van der Waals surface area contributed by atoms with Crippen LogP contribution in [-0.2, 0) is 52.0 Å². The molecule has 514 valence electrons. The van der Waals surface area contributed by atoms with E-state index in [1.165, 1.54) is 94.9 Å². The number of nitrogens with zero attached hydrogens (tertiary/aromatic N) is 4. The van der Waals surface area contributed by atoms with Crippen molar-refractivity contribution in [3.05, 3.63) is 218 Å². The summed E-state index contributed by atoms with van der Waals surface area (Å²) in [5.74, 6) is -1.37. The number of benzene rings is 6.